The highest BCUT2D eigenvalue weighted by Crippen LogP contribution is 2.37. The topological polar surface area (TPSA) is 91.0 Å². The van der Waals surface area contributed by atoms with Crippen LogP contribution in [0.4, 0.5) is 5.95 Å². The van der Waals surface area contributed by atoms with Gasteiger partial charge in [-0.15, -0.1) is 11.3 Å². The van der Waals surface area contributed by atoms with Gasteiger partial charge in [0.05, 0.1) is 15.6 Å². The molecule has 2 saturated heterocycles. The number of carbonyl (C=O) groups is 1. The summed E-state index contributed by atoms with van der Waals surface area (Å²) in [5.74, 6) is 1.57. The molecule has 3 aliphatic rings. The number of carboxylic acid groups (broad SMARTS) is 1. The number of benzene rings is 1. The molecular formula is C24H23N5O3S. The Morgan fingerprint density at radius 1 is 1.12 bits per heavy atom. The Morgan fingerprint density at radius 2 is 1.88 bits per heavy atom. The van der Waals surface area contributed by atoms with Crippen LogP contribution in [-0.2, 0) is 0 Å². The zero-order valence-corrected chi connectivity index (χ0v) is 18.8. The molecule has 1 saturated carbocycles. The molecule has 2 unspecified atom stereocenters. The highest BCUT2D eigenvalue weighted by atomic mass is 32.1. The lowest BCUT2D eigenvalue weighted by atomic mass is 10.0. The first kappa shape index (κ1) is 19.4. The number of para-hydroxylation sites is 1. The second kappa shape index (κ2) is 6.98. The minimum atomic E-state index is -1.22. The third kappa shape index (κ3) is 2.99. The molecule has 3 fully saturated rings. The Bertz CT molecular complexity index is 1490. The summed E-state index contributed by atoms with van der Waals surface area (Å²) in [6, 6.07) is 7.70. The molecule has 2 aliphatic heterocycles. The Morgan fingerprint density at radius 3 is 2.61 bits per heavy atom. The van der Waals surface area contributed by atoms with Crippen molar-refractivity contribution in [3.05, 3.63) is 46.2 Å². The molecular weight excluding hydrogens is 438 g/mol. The summed E-state index contributed by atoms with van der Waals surface area (Å²) in [5.41, 5.74) is 0.592. The minimum absolute atomic E-state index is 0.216. The molecule has 1 N–H and O–H groups in total. The lowest BCUT2D eigenvalue weighted by molar-refractivity contribution is 0.0697. The summed E-state index contributed by atoms with van der Waals surface area (Å²) in [5, 5.41) is 10.0. The van der Waals surface area contributed by atoms with Gasteiger partial charge in [0.15, 0.2) is 5.65 Å². The quantitative estimate of drug-likeness (QED) is 0.500. The zero-order chi connectivity index (χ0) is 22.3. The maximum atomic E-state index is 13.1. The number of hydrogen-bond donors (Lipinski definition) is 1. The Balaban J connectivity index is 1.32. The molecule has 168 valence electrons. The van der Waals surface area contributed by atoms with Gasteiger partial charge in [-0.3, -0.25) is 9.20 Å². The number of hydrogen-bond acceptors (Lipinski definition) is 7. The molecule has 4 aromatic rings. The van der Waals surface area contributed by atoms with E-state index in [4.69, 9.17) is 4.98 Å². The fourth-order valence-corrected chi connectivity index (χ4v) is 6.87. The Kier molecular flexibility index (Phi) is 4.11. The molecule has 9 heteroatoms. The standard InChI is InChI=1S/C24H23N5O3S/c30-20-16-7-25-24(28-11-14-9-27(8-13-5-6-13)10-15(14)12-28)26-21(16)29-17-3-1-2-4-18(17)33-22(29)19(20)23(31)32/h1-4,7,13-15H,5-6,8-12H2,(H,31,32). The average molecular weight is 462 g/mol. The molecule has 5 heterocycles. The van der Waals surface area contributed by atoms with Gasteiger partial charge in [0.25, 0.3) is 0 Å². The van der Waals surface area contributed by atoms with Crippen LogP contribution in [0, 0.1) is 17.8 Å². The molecule has 33 heavy (non-hydrogen) atoms. The molecule has 0 spiro atoms. The first-order valence-electron chi connectivity index (χ1n) is 11.5. The van der Waals surface area contributed by atoms with Crippen molar-refractivity contribution in [1.82, 2.24) is 19.3 Å². The van der Waals surface area contributed by atoms with Crippen LogP contribution in [0.5, 0.6) is 0 Å². The predicted molar refractivity (Wildman–Crippen MR) is 127 cm³/mol. The minimum Gasteiger partial charge on any atom is -0.477 e. The van der Waals surface area contributed by atoms with E-state index in [-0.39, 0.29) is 10.9 Å². The van der Waals surface area contributed by atoms with Crippen LogP contribution in [0.15, 0.2) is 35.3 Å². The van der Waals surface area contributed by atoms with Gasteiger partial charge in [0, 0.05) is 38.9 Å². The Labute approximate surface area is 193 Å². The fourth-order valence-electron chi connectivity index (χ4n) is 5.70. The summed E-state index contributed by atoms with van der Waals surface area (Å²) >= 11 is 1.31. The zero-order valence-electron chi connectivity index (χ0n) is 18.0. The van der Waals surface area contributed by atoms with Crippen LogP contribution < -0.4 is 10.3 Å². The second-order valence-corrected chi connectivity index (χ2v) is 10.7. The third-order valence-electron chi connectivity index (χ3n) is 7.44. The number of rotatable bonds is 4. The van der Waals surface area contributed by atoms with Crippen LogP contribution in [0.3, 0.4) is 0 Å². The van der Waals surface area contributed by atoms with E-state index in [1.807, 2.05) is 28.7 Å². The molecule has 3 aromatic heterocycles. The molecule has 2 atom stereocenters. The first-order valence-corrected chi connectivity index (χ1v) is 12.3. The van der Waals surface area contributed by atoms with E-state index in [1.54, 1.807) is 0 Å². The van der Waals surface area contributed by atoms with E-state index >= 15 is 0 Å². The lowest BCUT2D eigenvalue weighted by Gasteiger charge is -2.21. The van der Waals surface area contributed by atoms with Crippen molar-refractivity contribution in [1.29, 1.82) is 0 Å². The molecule has 1 aromatic carbocycles. The van der Waals surface area contributed by atoms with Gasteiger partial charge < -0.3 is 14.9 Å². The van der Waals surface area contributed by atoms with Crippen LogP contribution in [0.1, 0.15) is 23.2 Å². The monoisotopic (exact) mass is 461 g/mol. The van der Waals surface area contributed by atoms with Gasteiger partial charge in [0.1, 0.15) is 10.4 Å². The lowest BCUT2D eigenvalue weighted by Crippen LogP contribution is -2.31. The Hall–Kier alpha value is -3.04. The highest BCUT2D eigenvalue weighted by molar-refractivity contribution is 7.24. The van der Waals surface area contributed by atoms with Crippen molar-refractivity contribution in [3.63, 3.8) is 0 Å². The maximum absolute atomic E-state index is 13.1. The summed E-state index contributed by atoms with van der Waals surface area (Å²) < 4.78 is 2.73. The smallest absolute Gasteiger partial charge is 0.342 e. The van der Waals surface area contributed by atoms with Gasteiger partial charge in [-0.05, 0) is 42.7 Å². The molecule has 0 amide bonds. The highest BCUT2D eigenvalue weighted by Gasteiger charge is 2.42. The van der Waals surface area contributed by atoms with Gasteiger partial charge in [-0.1, -0.05) is 12.1 Å². The number of pyridine rings is 1. The van der Waals surface area contributed by atoms with E-state index < -0.39 is 11.4 Å². The van der Waals surface area contributed by atoms with Crippen molar-refractivity contribution in [2.45, 2.75) is 12.8 Å². The van der Waals surface area contributed by atoms with Crippen LogP contribution >= 0.6 is 11.3 Å². The van der Waals surface area contributed by atoms with Crippen molar-refractivity contribution >= 4 is 49.3 Å². The number of fused-ring (bicyclic) bond motifs is 6. The van der Waals surface area contributed by atoms with E-state index in [9.17, 15) is 14.7 Å². The summed E-state index contributed by atoms with van der Waals surface area (Å²) in [6.07, 6.45) is 4.29. The summed E-state index contributed by atoms with van der Waals surface area (Å²) in [6.45, 7) is 5.38. The van der Waals surface area contributed by atoms with E-state index in [0.29, 0.717) is 28.3 Å². The van der Waals surface area contributed by atoms with Crippen molar-refractivity contribution in [3.8, 4) is 0 Å². The normalized spacial score (nSPS) is 23.2. The van der Waals surface area contributed by atoms with Crippen molar-refractivity contribution < 1.29 is 9.90 Å². The van der Waals surface area contributed by atoms with Gasteiger partial charge in [-0.2, -0.15) is 4.98 Å². The molecule has 0 bridgehead atoms. The molecule has 0 radical (unpaired) electrons. The van der Waals surface area contributed by atoms with Crippen LogP contribution in [0.2, 0.25) is 0 Å². The number of aromatic nitrogens is 3. The molecule has 7 rings (SSSR count). The summed E-state index contributed by atoms with van der Waals surface area (Å²) in [7, 11) is 0. The van der Waals surface area contributed by atoms with Gasteiger partial charge in [-0.25, -0.2) is 9.78 Å². The molecule has 1 aliphatic carbocycles. The van der Waals surface area contributed by atoms with Crippen molar-refractivity contribution in [2.75, 3.05) is 37.6 Å². The predicted octanol–water partition coefficient (Wildman–Crippen LogP) is 2.93. The fraction of sp³-hybridized carbons (Fsp3) is 0.417. The summed E-state index contributed by atoms with van der Waals surface area (Å²) in [4.78, 5) is 39.7. The third-order valence-corrected chi connectivity index (χ3v) is 8.59. The van der Waals surface area contributed by atoms with Gasteiger partial charge >= 0.3 is 5.97 Å². The maximum Gasteiger partial charge on any atom is 0.342 e. The number of aromatic carboxylic acids is 1. The van der Waals surface area contributed by atoms with Crippen LogP contribution in [0.25, 0.3) is 26.1 Å². The SMILES string of the molecule is O=C(O)c1c(=O)c2cnc(N3CC4CN(CC5CC5)CC4C3)nc2n2c1sc1ccccc12. The molecule has 8 nitrogen and oxygen atoms in total. The van der Waals surface area contributed by atoms with Gasteiger partial charge in [0.2, 0.25) is 11.4 Å². The van der Waals surface area contributed by atoms with E-state index in [2.05, 4.69) is 14.8 Å². The van der Waals surface area contributed by atoms with Crippen molar-refractivity contribution in [2.24, 2.45) is 17.8 Å². The number of likely N-dealkylation sites (tertiary alicyclic amines) is 1. The van der Waals surface area contributed by atoms with E-state index in [1.165, 1.54) is 36.9 Å². The largest absolute Gasteiger partial charge is 0.477 e. The second-order valence-electron chi connectivity index (χ2n) is 9.71. The number of nitrogens with zero attached hydrogens (tertiary/aromatic N) is 5. The first-order chi connectivity index (χ1) is 16.1. The van der Waals surface area contributed by atoms with E-state index in [0.717, 1.165) is 42.3 Å². The number of anilines is 1. The van der Waals surface area contributed by atoms with Crippen LogP contribution in [-0.4, -0.2) is 63.1 Å². The average Bonchev–Trinajstić information content (AvgIpc) is 3.22. The number of thiazole rings is 1. The number of carboxylic acids is 1.